The molecule has 0 saturated carbocycles. The van der Waals surface area contributed by atoms with Crippen LogP contribution in [0.5, 0.6) is 0 Å². The minimum Gasteiger partial charge on any atom is -0.318 e. The van der Waals surface area contributed by atoms with Crippen molar-refractivity contribution in [1.82, 2.24) is 9.62 Å². The van der Waals surface area contributed by atoms with Gasteiger partial charge in [-0.15, -0.1) is 0 Å². The van der Waals surface area contributed by atoms with Crippen LogP contribution in [-0.4, -0.2) is 38.9 Å². The summed E-state index contributed by atoms with van der Waals surface area (Å²) in [5.74, 6) is -0.571. The van der Waals surface area contributed by atoms with Crippen LogP contribution in [0.1, 0.15) is 19.3 Å². The van der Waals surface area contributed by atoms with Gasteiger partial charge in [-0.05, 0) is 32.0 Å². The van der Waals surface area contributed by atoms with Crippen molar-refractivity contribution in [2.45, 2.75) is 25.3 Å². The lowest BCUT2D eigenvalue weighted by molar-refractivity contribution is 0.250. The summed E-state index contributed by atoms with van der Waals surface area (Å²) in [4.78, 5) is 0. The molecule has 1 heterocycles. The van der Waals surface area contributed by atoms with Crippen molar-refractivity contribution in [3.05, 3.63) is 30.1 Å². The molecule has 0 aromatic heterocycles. The number of nitrogens with one attached hydrogen (secondary N) is 2. The summed E-state index contributed by atoms with van der Waals surface area (Å²) in [6.45, 7) is 1.06. The van der Waals surface area contributed by atoms with Gasteiger partial charge in [-0.1, -0.05) is 18.6 Å². The lowest BCUT2D eigenvalue weighted by Gasteiger charge is -2.34. The molecule has 0 spiro atoms. The first-order valence-corrected chi connectivity index (χ1v) is 8.17. The molecule has 2 N–H and O–H groups in total. The monoisotopic (exact) mass is 301 g/mol. The normalized spacial score (nSPS) is 20.8. The second kappa shape index (κ2) is 6.51. The van der Waals surface area contributed by atoms with E-state index >= 15 is 0 Å². The number of likely N-dealkylation sites (N-methyl/N-ethyl adjacent to an activating group) is 1. The molecule has 1 fully saturated rings. The number of anilines is 1. The van der Waals surface area contributed by atoms with Gasteiger partial charge in [0.1, 0.15) is 5.82 Å². The Balaban J connectivity index is 2.18. The van der Waals surface area contributed by atoms with Crippen LogP contribution in [0, 0.1) is 5.82 Å². The van der Waals surface area contributed by atoms with Crippen molar-refractivity contribution in [1.29, 1.82) is 0 Å². The lowest BCUT2D eigenvalue weighted by Crippen LogP contribution is -2.50. The highest BCUT2D eigenvalue weighted by Gasteiger charge is 2.32. The van der Waals surface area contributed by atoms with Gasteiger partial charge in [0.05, 0.1) is 5.69 Å². The number of hydrogen-bond acceptors (Lipinski definition) is 3. The van der Waals surface area contributed by atoms with E-state index in [1.165, 1.54) is 22.5 Å². The molecule has 20 heavy (non-hydrogen) atoms. The Hall–Kier alpha value is -1.18. The number of nitrogens with zero attached hydrogens (tertiary/aromatic N) is 1. The minimum atomic E-state index is -3.73. The van der Waals surface area contributed by atoms with E-state index in [9.17, 15) is 12.8 Å². The van der Waals surface area contributed by atoms with E-state index in [2.05, 4.69) is 10.0 Å². The molecule has 2 rings (SSSR count). The van der Waals surface area contributed by atoms with E-state index in [-0.39, 0.29) is 11.7 Å². The average Bonchev–Trinajstić information content (AvgIpc) is 2.42. The van der Waals surface area contributed by atoms with Crippen LogP contribution in [0.15, 0.2) is 24.3 Å². The van der Waals surface area contributed by atoms with E-state index in [0.717, 1.165) is 19.3 Å². The minimum absolute atomic E-state index is 0.0127. The van der Waals surface area contributed by atoms with Crippen LogP contribution in [0.4, 0.5) is 10.1 Å². The third-order valence-corrected chi connectivity index (χ3v) is 5.01. The van der Waals surface area contributed by atoms with E-state index in [1.54, 1.807) is 13.1 Å². The van der Waals surface area contributed by atoms with Crippen LogP contribution < -0.4 is 10.0 Å². The first kappa shape index (κ1) is 15.2. The Labute approximate surface area is 119 Å². The van der Waals surface area contributed by atoms with Gasteiger partial charge < -0.3 is 5.32 Å². The molecular weight excluding hydrogens is 281 g/mol. The molecule has 1 aliphatic heterocycles. The molecule has 1 aliphatic rings. The highest BCUT2D eigenvalue weighted by Crippen LogP contribution is 2.22. The molecule has 1 unspecified atom stereocenters. The largest absolute Gasteiger partial charge is 0.318 e. The van der Waals surface area contributed by atoms with Crippen LogP contribution in [0.3, 0.4) is 0 Å². The summed E-state index contributed by atoms with van der Waals surface area (Å²) in [6, 6.07) is 5.70. The van der Waals surface area contributed by atoms with E-state index in [0.29, 0.717) is 13.1 Å². The van der Waals surface area contributed by atoms with Crippen molar-refractivity contribution in [3.63, 3.8) is 0 Å². The van der Waals surface area contributed by atoms with Gasteiger partial charge in [-0.2, -0.15) is 12.7 Å². The summed E-state index contributed by atoms with van der Waals surface area (Å²) in [6.07, 6.45) is 2.66. The zero-order valence-corrected chi connectivity index (χ0v) is 12.3. The molecule has 1 aromatic carbocycles. The standard InChI is InChI=1S/C13H20FN3O2S/c1-15-10-11-6-4-5-9-17(11)20(18,19)16-13-8-3-2-7-12(13)14/h2-3,7-8,11,15-16H,4-6,9-10H2,1H3. The molecule has 1 saturated heterocycles. The molecule has 1 aromatic rings. The Kier molecular flexibility index (Phi) is 4.95. The van der Waals surface area contributed by atoms with Crippen LogP contribution in [0.2, 0.25) is 0 Å². The third-order valence-electron chi connectivity index (χ3n) is 3.43. The molecule has 7 heteroatoms. The first-order chi connectivity index (χ1) is 9.54. The van der Waals surface area contributed by atoms with Crippen molar-refractivity contribution < 1.29 is 12.8 Å². The van der Waals surface area contributed by atoms with E-state index in [1.807, 2.05) is 0 Å². The lowest BCUT2D eigenvalue weighted by atomic mass is 10.1. The summed E-state index contributed by atoms with van der Waals surface area (Å²) in [5, 5.41) is 3.01. The molecule has 5 nitrogen and oxygen atoms in total. The Morgan fingerprint density at radius 1 is 1.35 bits per heavy atom. The maximum absolute atomic E-state index is 13.6. The SMILES string of the molecule is CNCC1CCCCN1S(=O)(=O)Nc1ccccc1F. The maximum atomic E-state index is 13.6. The van der Waals surface area contributed by atoms with Gasteiger partial charge in [-0.3, -0.25) is 4.72 Å². The van der Waals surface area contributed by atoms with Gasteiger partial charge in [0.25, 0.3) is 0 Å². The zero-order chi connectivity index (χ0) is 14.6. The molecule has 0 aliphatic carbocycles. The summed E-state index contributed by atoms with van der Waals surface area (Å²) < 4.78 is 42.2. The van der Waals surface area contributed by atoms with Crippen molar-refractivity contribution >= 4 is 15.9 Å². The maximum Gasteiger partial charge on any atom is 0.302 e. The smallest absolute Gasteiger partial charge is 0.302 e. The second-order valence-electron chi connectivity index (χ2n) is 4.90. The third kappa shape index (κ3) is 3.47. The van der Waals surface area contributed by atoms with Gasteiger partial charge in [0, 0.05) is 19.1 Å². The Morgan fingerprint density at radius 2 is 2.10 bits per heavy atom. The molecule has 112 valence electrons. The summed E-state index contributed by atoms with van der Waals surface area (Å²) in [5.41, 5.74) is -0.0127. The molecule has 1 atom stereocenters. The fourth-order valence-electron chi connectivity index (χ4n) is 2.47. The number of rotatable bonds is 5. The van der Waals surface area contributed by atoms with Gasteiger partial charge in [0.2, 0.25) is 0 Å². The predicted octanol–water partition coefficient (Wildman–Crippen LogP) is 1.56. The highest BCUT2D eigenvalue weighted by molar-refractivity contribution is 7.90. The highest BCUT2D eigenvalue weighted by atomic mass is 32.2. The Morgan fingerprint density at radius 3 is 2.80 bits per heavy atom. The molecule has 0 amide bonds. The van der Waals surface area contributed by atoms with Crippen molar-refractivity contribution in [3.8, 4) is 0 Å². The van der Waals surface area contributed by atoms with E-state index in [4.69, 9.17) is 0 Å². The van der Waals surface area contributed by atoms with Crippen molar-refractivity contribution in [2.24, 2.45) is 0 Å². The predicted molar refractivity (Wildman–Crippen MR) is 77.2 cm³/mol. The molecular formula is C13H20FN3O2S. The first-order valence-electron chi connectivity index (χ1n) is 6.73. The second-order valence-corrected chi connectivity index (χ2v) is 6.53. The van der Waals surface area contributed by atoms with Crippen LogP contribution in [-0.2, 0) is 10.2 Å². The number of hydrogen-bond donors (Lipinski definition) is 2. The number of benzene rings is 1. The summed E-state index contributed by atoms with van der Waals surface area (Å²) in [7, 11) is -1.93. The van der Waals surface area contributed by atoms with Crippen LogP contribution in [0.25, 0.3) is 0 Å². The van der Waals surface area contributed by atoms with Gasteiger partial charge in [-0.25, -0.2) is 4.39 Å². The quantitative estimate of drug-likeness (QED) is 0.867. The topological polar surface area (TPSA) is 61.4 Å². The van der Waals surface area contributed by atoms with Crippen LogP contribution >= 0.6 is 0 Å². The average molecular weight is 301 g/mol. The fraction of sp³-hybridized carbons (Fsp3) is 0.538. The van der Waals surface area contributed by atoms with Gasteiger partial charge in [0.15, 0.2) is 0 Å². The number of para-hydroxylation sites is 1. The molecule has 0 radical (unpaired) electrons. The zero-order valence-electron chi connectivity index (χ0n) is 11.5. The summed E-state index contributed by atoms with van der Waals surface area (Å²) >= 11 is 0. The van der Waals surface area contributed by atoms with Gasteiger partial charge >= 0.3 is 10.2 Å². The number of piperidine rings is 1. The fourth-order valence-corrected chi connectivity index (χ4v) is 3.97. The Bertz CT molecular complexity index is 548. The molecule has 0 bridgehead atoms. The number of halogens is 1. The van der Waals surface area contributed by atoms with Crippen molar-refractivity contribution in [2.75, 3.05) is 24.9 Å². The van der Waals surface area contributed by atoms with E-state index < -0.39 is 16.0 Å².